The number of aliphatic carboxylic acids is 1. The number of carbonyl (C=O) groups is 2. The molecule has 2 atom stereocenters. The summed E-state index contributed by atoms with van der Waals surface area (Å²) in [4.78, 5) is 24.5. The molecule has 24 heavy (non-hydrogen) atoms. The van der Waals surface area contributed by atoms with Crippen LogP contribution >= 0.6 is 0 Å². The maximum Gasteiger partial charge on any atom is 0.317 e. The maximum absolute atomic E-state index is 14.1. The van der Waals surface area contributed by atoms with Gasteiger partial charge in [-0.2, -0.15) is 0 Å². The number of carboxylic acids is 1. The monoisotopic (exact) mass is 342 g/mol. The molecule has 1 aromatic carbocycles. The van der Waals surface area contributed by atoms with E-state index in [-0.39, 0.29) is 12.1 Å². The summed E-state index contributed by atoms with van der Waals surface area (Å²) in [5.41, 5.74) is -0.356. The second-order valence-electron chi connectivity index (χ2n) is 7.03. The number of urea groups is 1. The van der Waals surface area contributed by atoms with Crippen LogP contribution < -0.4 is 5.32 Å². The SMILES string of the molecule is CC(CN(C)C(=O)NC(c1ccc(F)cc1F)C(C)(C)C)C(=O)O. The molecule has 0 saturated heterocycles. The third-order valence-electron chi connectivity index (χ3n) is 3.72. The van der Waals surface area contributed by atoms with E-state index in [0.29, 0.717) is 0 Å². The Kier molecular flexibility index (Phi) is 6.29. The molecule has 0 radical (unpaired) electrons. The Morgan fingerprint density at radius 1 is 1.29 bits per heavy atom. The standard InChI is InChI=1S/C17H24F2N2O3/c1-10(15(22)23)9-21(5)16(24)20-14(17(2,3)4)12-7-6-11(18)8-13(12)19/h6-8,10,14H,9H2,1-5H3,(H,20,24)(H,22,23). The molecular formula is C17H24F2N2O3. The summed E-state index contributed by atoms with van der Waals surface area (Å²) in [6.07, 6.45) is 0. The number of amides is 2. The van der Waals surface area contributed by atoms with Crippen LogP contribution in [-0.4, -0.2) is 35.6 Å². The summed E-state index contributed by atoms with van der Waals surface area (Å²) in [6, 6.07) is 2.00. The van der Waals surface area contributed by atoms with Crippen molar-refractivity contribution in [3.63, 3.8) is 0 Å². The first-order valence-corrected chi connectivity index (χ1v) is 7.63. The third kappa shape index (κ3) is 5.18. The molecule has 2 N–H and O–H groups in total. The number of halogens is 2. The van der Waals surface area contributed by atoms with Crippen LogP contribution in [-0.2, 0) is 4.79 Å². The molecule has 2 unspecified atom stereocenters. The Morgan fingerprint density at radius 2 is 1.88 bits per heavy atom. The lowest BCUT2D eigenvalue weighted by molar-refractivity contribution is -0.141. The van der Waals surface area contributed by atoms with Gasteiger partial charge in [0.15, 0.2) is 0 Å². The summed E-state index contributed by atoms with van der Waals surface area (Å²) in [6.45, 7) is 6.97. The molecule has 0 aliphatic carbocycles. The van der Waals surface area contributed by atoms with Gasteiger partial charge in [-0.3, -0.25) is 4.79 Å². The second-order valence-corrected chi connectivity index (χ2v) is 7.03. The number of benzene rings is 1. The van der Waals surface area contributed by atoms with E-state index in [1.54, 1.807) is 0 Å². The number of carboxylic acid groups (broad SMARTS) is 1. The van der Waals surface area contributed by atoms with Crippen LogP contribution in [0.3, 0.4) is 0 Å². The molecule has 0 aliphatic rings. The fourth-order valence-electron chi connectivity index (χ4n) is 2.30. The molecule has 0 fully saturated rings. The average molecular weight is 342 g/mol. The molecule has 0 aromatic heterocycles. The van der Waals surface area contributed by atoms with Crippen LogP contribution in [0.25, 0.3) is 0 Å². The van der Waals surface area contributed by atoms with Gasteiger partial charge in [-0.15, -0.1) is 0 Å². The molecular weight excluding hydrogens is 318 g/mol. The van der Waals surface area contributed by atoms with Crippen molar-refractivity contribution in [1.29, 1.82) is 0 Å². The van der Waals surface area contributed by atoms with Gasteiger partial charge in [0, 0.05) is 25.2 Å². The summed E-state index contributed by atoms with van der Waals surface area (Å²) in [5.74, 6) is -3.16. The predicted octanol–water partition coefficient (Wildman–Crippen LogP) is 3.41. The van der Waals surface area contributed by atoms with E-state index < -0.39 is 41.0 Å². The van der Waals surface area contributed by atoms with Crippen molar-refractivity contribution >= 4 is 12.0 Å². The van der Waals surface area contributed by atoms with Crippen LogP contribution in [0.2, 0.25) is 0 Å². The highest BCUT2D eigenvalue weighted by atomic mass is 19.1. The lowest BCUT2D eigenvalue weighted by Gasteiger charge is -2.34. The van der Waals surface area contributed by atoms with Crippen LogP contribution in [0.4, 0.5) is 13.6 Å². The van der Waals surface area contributed by atoms with Crippen molar-refractivity contribution in [3.05, 3.63) is 35.4 Å². The van der Waals surface area contributed by atoms with Gasteiger partial charge in [0.25, 0.3) is 0 Å². The lowest BCUT2D eigenvalue weighted by atomic mass is 9.82. The zero-order valence-corrected chi connectivity index (χ0v) is 14.6. The van der Waals surface area contributed by atoms with Crippen molar-refractivity contribution in [2.24, 2.45) is 11.3 Å². The predicted molar refractivity (Wildman–Crippen MR) is 86.5 cm³/mol. The average Bonchev–Trinajstić information content (AvgIpc) is 2.43. The van der Waals surface area contributed by atoms with Crippen LogP contribution in [0, 0.1) is 23.0 Å². The van der Waals surface area contributed by atoms with Gasteiger partial charge in [0.05, 0.1) is 12.0 Å². The summed E-state index contributed by atoms with van der Waals surface area (Å²) < 4.78 is 27.2. The van der Waals surface area contributed by atoms with Crippen molar-refractivity contribution in [2.75, 3.05) is 13.6 Å². The molecule has 0 spiro atoms. The molecule has 0 heterocycles. The van der Waals surface area contributed by atoms with E-state index in [4.69, 9.17) is 5.11 Å². The molecule has 1 rings (SSSR count). The second kappa shape index (κ2) is 7.59. The molecule has 134 valence electrons. The number of hydrogen-bond donors (Lipinski definition) is 2. The number of nitrogens with one attached hydrogen (secondary N) is 1. The van der Waals surface area contributed by atoms with Gasteiger partial charge < -0.3 is 15.3 Å². The van der Waals surface area contributed by atoms with Crippen molar-refractivity contribution in [1.82, 2.24) is 10.2 Å². The van der Waals surface area contributed by atoms with E-state index in [9.17, 15) is 18.4 Å². The fourth-order valence-corrected chi connectivity index (χ4v) is 2.30. The third-order valence-corrected chi connectivity index (χ3v) is 3.72. The number of carbonyl (C=O) groups excluding carboxylic acids is 1. The number of nitrogens with zero attached hydrogens (tertiary/aromatic N) is 1. The maximum atomic E-state index is 14.1. The van der Waals surface area contributed by atoms with Gasteiger partial charge in [-0.25, -0.2) is 13.6 Å². The quantitative estimate of drug-likeness (QED) is 0.861. The Hall–Kier alpha value is -2.18. The summed E-state index contributed by atoms with van der Waals surface area (Å²) in [7, 11) is 1.47. The lowest BCUT2D eigenvalue weighted by Crippen LogP contribution is -2.45. The number of hydrogen-bond acceptors (Lipinski definition) is 2. The van der Waals surface area contributed by atoms with Gasteiger partial charge in [-0.05, 0) is 11.5 Å². The molecule has 0 saturated carbocycles. The summed E-state index contributed by atoms with van der Waals surface area (Å²) in [5, 5.41) is 11.6. The number of rotatable bonds is 5. The largest absolute Gasteiger partial charge is 0.481 e. The Balaban J connectivity index is 2.99. The highest BCUT2D eigenvalue weighted by molar-refractivity contribution is 5.76. The van der Waals surface area contributed by atoms with E-state index in [0.717, 1.165) is 12.1 Å². The van der Waals surface area contributed by atoms with Crippen LogP contribution in [0.5, 0.6) is 0 Å². The van der Waals surface area contributed by atoms with Crippen LogP contribution in [0.1, 0.15) is 39.3 Å². The minimum absolute atomic E-state index is 0.0178. The van der Waals surface area contributed by atoms with E-state index >= 15 is 0 Å². The topological polar surface area (TPSA) is 69.6 Å². The smallest absolute Gasteiger partial charge is 0.317 e. The Morgan fingerprint density at radius 3 is 2.33 bits per heavy atom. The Bertz CT molecular complexity index is 614. The van der Waals surface area contributed by atoms with Crippen molar-refractivity contribution < 1.29 is 23.5 Å². The minimum atomic E-state index is -1.01. The van der Waals surface area contributed by atoms with Crippen molar-refractivity contribution in [3.8, 4) is 0 Å². The molecule has 7 heteroatoms. The van der Waals surface area contributed by atoms with Crippen LogP contribution in [0.15, 0.2) is 18.2 Å². The highest BCUT2D eigenvalue weighted by Crippen LogP contribution is 2.34. The van der Waals surface area contributed by atoms with E-state index in [1.165, 1.54) is 24.9 Å². The summed E-state index contributed by atoms with van der Waals surface area (Å²) >= 11 is 0. The molecule has 1 aromatic rings. The first-order chi connectivity index (χ1) is 10.9. The normalized spacial score (nSPS) is 14.0. The van der Waals surface area contributed by atoms with E-state index in [1.807, 2.05) is 20.8 Å². The first-order valence-electron chi connectivity index (χ1n) is 7.63. The molecule has 5 nitrogen and oxygen atoms in total. The van der Waals surface area contributed by atoms with Gasteiger partial charge in [-0.1, -0.05) is 33.8 Å². The van der Waals surface area contributed by atoms with E-state index in [2.05, 4.69) is 5.32 Å². The van der Waals surface area contributed by atoms with Gasteiger partial charge >= 0.3 is 12.0 Å². The zero-order chi connectivity index (χ0) is 18.7. The molecule has 0 bridgehead atoms. The van der Waals surface area contributed by atoms with Gasteiger partial charge in [0.1, 0.15) is 11.6 Å². The zero-order valence-electron chi connectivity index (χ0n) is 14.6. The molecule has 0 aliphatic heterocycles. The molecule has 2 amide bonds. The minimum Gasteiger partial charge on any atom is -0.481 e. The van der Waals surface area contributed by atoms with Crippen molar-refractivity contribution in [2.45, 2.75) is 33.7 Å². The first kappa shape index (κ1) is 19.9. The highest BCUT2D eigenvalue weighted by Gasteiger charge is 2.31. The fraction of sp³-hybridized carbons (Fsp3) is 0.529. The Labute approximate surface area is 140 Å². The van der Waals surface area contributed by atoms with Gasteiger partial charge in [0.2, 0.25) is 0 Å².